The van der Waals surface area contributed by atoms with E-state index in [1.165, 1.54) is 0 Å². The van der Waals surface area contributed by atoms with Gasteiger partial charge in [-0.2, -0.15) is 0 Å². The Morgan fingerprint density at radius 2 is 2.29 bits per heavy atom. The van der Waals surface area contributed by atoms with Crippen LogP contribution in [0.15, 0.2) is 28.7 Å². The molecular weight excluding hydrogens is 378 g/mol. The van der Waals surface area contributed by atoms with Gasteiger partial charge in [0, 0.05) is 30.1 Å². The van der Waals surface area contributed by atoms with Crippen molar-refractivity contribution in [3.05, 3.63) is 28.7 Å². The molecule has 24 heavy (non-hydrogen) atoms. The number of carbonyl (C=O) groups is 2. The van der Waals surface area contributed by atoms with E-state index in [0.29, 0.717) is 31.9 Å². The average molecular weight is 398 g/mol. The molecule has 2 aliphatic rings. The number of carboxylic acid groups (broad SMARTS) is 1. The SMILES string of the molecule is CC(Oc1cccc(Br)c1)C(=O)N1C[C@H]2COCC[C@@]2(C(=O)O)C1. The summed E-state index contributed by atoms with van der Waals surface area (Å²) in [7, 11) is 0. The summed E-state index contributed by atoms with van der Waals surface area (Å²) >= 11 is 3.37. The summed E-state index contributed by atoms with van der Waals surface area (Å²) in [5.41, 5.74) is -0.886. The molecule has 1 aromatic carbocycles. The van der Waals surface area contributed by atoms with E-state index in [1.54, 1.807) is 24.0 Å². The van der Waals surface area contributed by atoms with Crippen molar-refractivity contribution in [1.82, 2.24) is 4.90 Å². The Kier molecular flexibility index (Phi) is 4.83. The van der Waals surface area contributed by atoms with E-state index in [0.717, 1.165) is 4.47 Å². The number of likely N-dealkylation sites (tertiary alicyclic amines) is 1. The maximum Gasteiger partial charge on any atom is 0.311 e. The van der Waals surface area contributed by atoms with Crippen LogP contribution in [0.1, 0.15) is 13.3 Å². The molecule has 0 bridgehead atoms. The summed E-state index contributed by atoms with van der Waals surface area (Å²) in [5.74, 6) is -0.597. The zero-order chi connectivity index (χ0) is 17.3. The van der Waals surface area contributed by atoms with Crippen LogP contribution < -0.4 is 4.74 Å². The summed E-state index contributed by atoms with van der Waals surface area (Å²) < 4.78 is 12.0. The Bertz CT molecular complexity index is 652. The van der Waals surface area contributed by atoms with Gasteiger partial charge < -0.3 is 19.5 Å². The van der Waals surface area contributed by atoms with Crippen LogP contribution in [-0.4, -0.2) is 54.3 Å². The quantitative estimate of drug-likeness (QED) is 0.842. The van der Waals surface area contributed by atoms with Gasteiger partial charge in [-0.25, -0.2) is 0 Å². The van der Waals surface area contributed by atoms with Crippen molar-refractivity contribution in [3.63, 3.8) is 0 Å². The second kappa shape index (κ2) is 6.72. The molecule has 0 radical (unpaired) electrons. The number of amides is 1. The smallest absolute Gasteiger partial charge is 0.311 e. The first kappa shape index (κ1) is 17.2. The lowest BCUT2D eigenvalue weighted by molar-refractivity contribution is -0.157. The molecule has 1 amide bonds. The third-order valence-corrected chi connectivity index (χ3v) is 5.39. The lowest BCUT2D eigenvalue weighted by Crippen LogP contribution is -2.45. The van der Waals surface area contributed by atoms with Gasteiger partial charge in [-0.15, -0.1) is 0 Å². The van der Waals surface area contributed by atoms with E-state index in [2.05, 4.69) is 15.9 Å². The van der Waals surface area contributed by atoms with E-state index >= 15 is 0 Å². The number of ether oxygens (including phenoxy) is 2. The Balaban J connectivity index is 1.70. The molecule has 1 unspecified atom stereocenters. The molecule has 3 atom stereocenters. The summed E-state index contributed by atoms with van der Waals surface area (Å²) in [6.45, 7) is 3.12. The van der Waals surface area contributed by atoms with Crippen LogP contribution in [0.25, 0.3) is 0 Å². The normalized spacial score (nSPS) is 27.4. The molecule has 0 aliphatic carbocycles. The molecule has 2 saturated heterocycles. The largest absolute Gasteiger partial charge is 0.481 e. The predicted molar refractivity (Wildman–Crippen MR) is 89.8 cm³/mol. The number of halogens is 1. The molecular formula is C17H20BrNO5. The highest BCUT2D eigenvalue weighted by molar-refractivity contribution is 9.10. The first-order chi connectivity index (χ1) is 11.4. The Hall–Kier alpha value is -1.60. The van der Waals surface area contributed by atoms with Crippen molar-refractivity contribution in [1.29, 1.82) is 0 Å². The number of aliphatic carboxylic acids is 1. The van der Waals surface area contributed by atoms with Crippen molar-refractivity contribution >= 4 is 27.8 Å². The van der Waals surface area contributed by atoms with Gasteiger partial charge in [0.05, 0.1) is 12.0 Å². The van der Waals surface area contributed by atoms with Crippen molar-refractivity contribution in [2.24, 2.45) is 11.3 Å². The zero-order valence-electron chi connectivity index (χ0n) is 13.4. The number of carboxylic acids is 1. The lowest BCUT2D eigenvalue weighted by atomic mass is 9.74. The van der Waals surface area contributed by atoms with Crippen molar-refractivity contribution in [3.8, 4) is 5.75 Å². The minimum absolute atomic E-state index is 0.161. The minimum atomic E-state index is -0.886. The van der Waals surface area contributed by atoms with Gasteiger partial charge in [-0.3, -0.25) is 9.59 Å². The van der Waals surface area contributed by atoms with E-state index < -0.39 is 17.5 Å². The van der Waals surface area contributed by atoms with Gasteiger partial charge in [0.1, 0.15) is 5.75 Å². The van der Waals surface area contributed by atoms with Crippen LogP contribution in [0.3, 0.4) is 0 Å². The molecule has 1 N–H and O–H groups in total. The molecule has 6 nitrogen and oxygen atoms in total. The topological polar surface area (TPSA) is 76.1 Å². The molecule has 2 aliphatic heterocycles. The highest BCUT2D eigenvalue weighted by Crippen LogP contribution is 2.42. The first-order valence-electron chi connectivity index (χ1n) is 7.94. The molecule has 130 valence electrons. The Morgan fingerprint density at radius 1 is 1.50 bits per heavy atom. The highest BCUT2D eigenvalue weighted by Gasteiger charge is 2.55. The van der Waals surface area contributed by atoms with Crippen LogP contribution in [0.4, 0.5) is 0 Å². The van der Waals surface area contributed by atoms with Crippen molar-refractivity contribution < 1.29 is 24.2 Å². The molecule has 2 heterocycles. The predicted octanol–water partition coefficient (Wildman–Crippen LogP) is 2.17. The van der Waals surface area contributed by atoms with Gasteiger partial charge in [0.25, 0.3) is 5.91 Å². The average Bonchev–Trinajstić information content (AvgIpc) is 2.95. The van der Waals surface area contributed by atoms with Crippen molar-refractivity contribution in [2.45, 2.75) is 19.4 Å². The molecule has 0 saturated carbocycles. The highest BCUT2D eigenvalue weighted by atomic mass is 79.9. The Morgan fingerprint density at radius 3 is 2.96 bits per heavy atom. The van der Waals surface area contributed by atoms with E-state index in [1.807, 2.05) is 12.1 Å². The number of rotatable bonds is 4. The number of nitrogens with zero attached hydrogens (tertiary/aromatic N) is 1. The molecule has 0 spiro atoms. The number of hydrogen-bond donors (Lipinski definition) is 1. The third-order valence-electron chi connectivity index (χ3n) is 4.90. The van der Waals surface area contributed by atoms with Gasteiger partial charge >= 0.3 is 5.97 Å². The second-order valence-corrected chi connectivity index (χ2v) is 7.34. The molecule has 2 fully saturated rings. The Labute approximate surface area is 148 Å². The van der Waals surface area contributed by atoms with Gasteiger partial charge in [-0.1, -0.05) is 22.0 Å². The van der Waals surface area contributed by atoms with Gasteiger partial charge in [0.2, 0.25) is 0 Å². The molecule has 7 heteroatoms. The van der Waals surface area contributed by atoms with E-state index in [4.69, 9.17) is 9.47 Å². The molecule has 3 rings (SSSR count). The molecule has 1 aromatic rings. The summed E-state index contributed by atoms with van der Waals surface area (Å²) in [6, 6.07) is 7.28. The van der Waals surface area contributed by atoms with Crippen LogP contribution in [0.2, 0.25) is 0 Å². The fourth-order valence-corrected chi connectivity index (χ4v) is 3.90. The number of hydrogen-bond acceptors (Lipinski definition) is 4. The zero-order valence-corrected chi connectivity index (χ0v) is 15.0. The second-order valence-electron chi connectivity index (χ2n) is 6.42. The summed E-state index contributed by atoms with van der Waals surface area (Å²) in [5, 5.41) is 9.67. The first-order valence-corrected chi connectivity index (χ1v) is 8.74. The summed E-state index contributed by atoms with van der Waals surface area (Å²) in [4.78, 5) is 26.1. The maximum atomic E-state index is 12.7. The van der Waals surface area contributed by atoms with Crippen molar-refractivity contribution in [2.75, 3.05) is 26.3 Å². The monoisotopic (exact) mass is 397 g/mol. The fourth-order valence-electron chi connectivity index (χ4n) is 3.52. The fraction of sp³-hybridized carbons (Fsp3) is 0.529. The lowest BCUT2D eigenvalue weighted by Gasteiger charge is -2.33. The maximum absolute atomic E-state index is 12.7. The van der Waals surface area contributed by atoms with Crippen LogP contribution in [0, 0.1) is 11.3 Å². The standard InChI is InChI=1S/C17H20BrNO5/c1-11(24-14-4-2-3-13(18)7-14)15(20)19-8-12-9-23-6-5-17(12,10-19)16(21)22/h2-4,7,11-12H,5-6,8-10H2,1H3,(H,21,22)/t11?,12-,17+/m0/s1. The van der Waals surface area contributed by atoms with Crippen LogP contribution in [-0.2, 0) is 14.3 Å². The van der Waals surface area contributed by atoms with Gasteiger partial charge in [-0.05, 0) is 31.5 Å². The number of carbonyl (C=O) groups excluding carboxylic acids is 1. The minimum Gasteiger partial charge on any atom is -0.481 e. The molecule has 0 aromatic heterocycles. The number of fused-ring (bicyclic) bond motifs is 1. The van der Waals surface area contributed by atoms with Crippen LogP contribution >= 0.6 is 15.9 Å². The third kappa shape index (κ3) is 3.15. The van der Waals surface area contributed by atoms with E-state index in [9.17, 15) is 14.7 Å². The van der Waals surface area contributed by atoms with Crippen LogP contribution in [0.5, 0.6) is 5.75 Å². The van der Waals surface area contributed by atoms with Gasteiger partial charge in [0.15, 0.2) is 6.10 Å². The summed E-state index contributed by atoms with van der Waals surface area (Å²) in [6.07, 6.45) is -0.233. The number of benzene rings is 1. The van der Waals surface area contributed by atoms with E-state index in [-0.39, 0.29) is 18.4 Å².